The topological polar surface area (TPSA) is 88.8 Å². The van der Waals surface area contributed by atoms with E-state index in [2.05, 4.69) is 21.9 Å². The molecule has 0 fully saturated rings. The number of nitro groups is 1. The summed E-state index contributed by atoms with van der Waals surface area (Å²) in [5.41, 5.74) is 2.13. The fourth-order valence-corrected chi connectivity index (χ4v) is 2.85. The van der Waals surface area contributed by atoms with Crippen LogP contribution < -0.4 is 15.4 Å². The first-order chi connectivity index (χ1) is 13.6. The molecule has 0 aliphatic carbocycles. The first kappa shape index (κ1) is 21.6. The van der Waals surface area contributed by atoms with E-state index in [9.17, 15) is 10.1 Å². The van der Waals surface area contributed by atoms with E-state index in [0.717, 1.165) is 41.6 Å². The summed E-state index contributed by atoms with van der Waals surface area (Å²) in [4.78, 5) is 15.0. The van der Waals surface area contributed by atoms with E-state index in [-0.39, 0.29) is 5.69 Å². The minimum atomic E-state index is -0.397. The van der Waals surface area contributed by atoms with E-state index in [1.54, 1.807) is 19.2 Å². The molecular formula is C20H26N4O3S. The monoisotopic (exact) mass is 402 g/mol. The maximum atomic E-state index is 10.8. The van der Waals surface area contributed by atoms with Crippen molar-refractivity contribution in [3.63, 3.8) is 0 Å². The standard InChI is InChI=1S/C20H26N4O3S/c1-27-19-10-6-17(7-11-19)15-23-20(21-12-3-13-28-2)22-14-16-4-8-18(9-5-16)24(25)26/h4-11H,3,12-15H2,1-2H3,(H2,21,22,23). The van der Waals surface area contributed by atoms with Crippen molar-refractivity contribution in [1.82, 2.24) is 10.6 Å². The van der Waals surface area contributed by atoms with Gasteiger partial charge in [-0.1, -0.05) is 24.3 Å². The summed E-state index contributed by atoms with van der Waals surface area (Å²) in [5.74, 6) is 2.62. The molecule has 0 heterocycles. The molecule has 7 nitrogen and oxygen atoms in total. The fraction of sp³-hybridized carbons (Fsp3) is 0.350. The SMILES string of the molecule is COc1ccc(CN=C(NCCCSC)NCc2ccc([N+](=O)[O-])cc2)cc1. The van der Waals surface area contributed by atoms with Crippen molar-refractivity contribution >= 4 is 23.4 Å². The molecule has 2 rings (SSSR count). The lowest BCUT2D eigenvalue weighted by molar-refractivity contribution is -0.384. The van der Waals surface area contributed by atoms with Crippen LogP contribution in [0.1, 0.15) is 17.5 Å². The lowest BCUT2D eigenvalue weighted by Crippen LogP contribution is -2.37. The van der Waals surface area contributed by atoms with Crippen molar-refractivity contribution in [3.8, 4) is 5.75 Å². The molecule has 8 heteroatoms. The third-order valence-corrected chi connectivity index (χ3v) is 4.70. The first-order valence-electron chi connectivity index (χ1n) is 8.99. The van der Waals surface area contributed by atoms with Crippen LogP contribution in [0.15, 0.2) is 53.5 Å². The second-order valence-electron chi connectivity index (χ2n) is 6.06. The predicted octanol–water partition coefficient (Wildman–Crippen LogP) is 3.59. The van der Waals surface area contributed by atoms with Crippen molar-refractivity contribution in [2.45, 2.75) is 19.5 Å². The average Bonchev–Trinajstić information content (AvgIpc) is 2.73. The van der Waals surface area contributed by atoms with Gasteiger partial charge in [0.1, 0.15) is 5.75 Å². The maximum Gasteiger partial charge on any atom is 0.269 e. The molecule has 2 aromatic carbocycles. The van der Waals surface area contributed by atoms with Crippen LogP contribution in [-0.2, 0) is 13.1 Å². The summed E-state index contributed by atoms with van der Waals surface area (Å²) in [6.45, 7) is 1.91. The van der Waals surface area contributed by atoms with Crippen molar-refractivity contribution in [3.05, 3.63) is 69.8 Å². The van der Waals surface area contributed by atoms with Gasteiger partial charge in [-0.3, -0.25) is 10.1 Å². The summed E-state index contributed by atoms with van der Waals surface area (Å²) in [6.07, 6.45) is 3.13. The number of ether oxygens (including phenoxy) is 1. The highest BCUT2D eigenvalue weighted by Crippen LogP contribution is 2.13. The van der Waals surface area contributed by atoms with Gasteiger partial charge in [0.25, 0.3) is 5.69 Å². The lowest BCUT2D eigenvalue weighted by Gasteiger charge is -2.13. The van der Waals surface area contributed by atoms with Crippen molar-refractivity contribution in [2.24, 2.45) is 4.99 Å². The lowest BCUT2D eigenvalue weighted by atomic mass is 10.2. The molecule has 150 valence electrons. The molecule has 0 spiro atoms. The van der Waals surface area contributed by atoms with Crippen LogP contribution in [0.5, 0.6) is 5.75 Å². The smallest absolute Gasteiger partial charge is 0.269 e. The third-order valence-electron chi connectivity index (χ3n) is 4.00. The Labute approximate surface area is 169 Å². The Hall–Kier alpha value is -2.74. The number of nitrogens with zero attached hydrogens (tertiary/aromatic N) is 2. The molecule has 0 radical (unpaired) electrons. The van der Waals surface area contributed by atoms with Gasteiger partial charge in [0, 0.05) is 25.2 Å². The summed E-state index contributed by atoms with van der Waals surface area (Å²) >= 11 is 1.81. The summed E-state index contributed by atoms with van der Waals surface area (Å²) < 4.78 is 5.18. The quantitative estimate of drug-likeness (QED) is 0.208. The Morgan fingerprint density at radius 3 is 2.39 bits per heavy atom. The predicted molar refractivity (Wildman–Crippen MR) is 115 cm³/mol. The van der Waals surface area contributed by atoms with Crippen LogP contribution >= 0.6 is 11.8 Å². The van der Waals surface area contributed by atoms with E-state index in [0.29, 0.717) is 13.1 Å². The van der Waals surface area contributed by atoms with Crippen molar-refractivity contribution < 1.29 is 9.66 Å². The van der Waals surface area contributed by atoms with E-state index in [4.69, 9.17) is 4.74 Å². The number of aliphatic imine (C=N–C) groups is 1. The van der Waals surface area contributed by atoms with Crippen LogP contribution in [0.25, 0.3) is 0 Å². The van der Waals surface area contributed by atoms with Crippen LogP contribution in [0.4, 0.5) is 5.69 Å². The highest BCUT2D eigenvalue weighted by atomic mass is 32.2. The van der Waals surface area contributed by atoms with Crippen LogP contribution in [0.3, 0.4) is 0 Å². The summed E-state index contributed by atoms with van der Waals surface area (Å²) in [7, 11) is 1.64. The molecule has 0 saturated carbocycles. The third kappa shape index (κ3) is 7.48. The minimum Gasteiger partial charge on any atom is -0.497 e. The molecule has 2 aromatic rings. The van der Waals surface area contributed by atoms with Gasteiger partial charge in [0.15, 0.2) is 5.96 Å². The minimum absolute atomic E-state index is 0.0901. The van der Waals surface area contributed by atoms with Gasteiger partial charge in [0.2, 0.25) is 0 Å². The number of rotatable bonds is 10. The maximum absolute atomic E-state index is 10.8. The number of nitrogens with one attached hydrogen (secondary N) is 2. The molecule has 0 aromatic heterocycles. The molecule has 0 aliphatic rings. The second kappa shape index (κ2) is 11.9. The van der Waals surface area contributed by atoms with E-state index in [1.165, 1.54) is 12.1 Å². The Bertz CT molecular complexity index is 764. The average molecular weight is 403 g/mol. The number of nitro benzene ring substituents is 1. The Morgan fingerprint density at radius 2 is 1.79 bits per heavy atom. The van der Waals surface area contributed by atoms with Gasteiger partial charge < -0.3 is 15.4 Å². The number of guanidine groups is 1. The van der Waals surface area contributed by atoms with Crippen molar-refractivity contribution in [2.75, 3.05) is 25.7 Å². The number of hydrogen-bond donors (Lipinski definition) is 2. The summed E-state index contributed by atoms with van der Waals surface area (Å²) in [6, 6.07) is 14.3. The summed E-state index contributed by atoms with van der Waals surface area (Å²) in [5, 5.41) is 17.4. The number of benzene rings is 2. The Kier molecular flexibility index (Phi) is 9.14. The van der Waals surface area contributed by atoms with Crippen molar-refractivity contribution in [1.29, 1.82) is 0 Å². The van der Waals surface area contributed by atoms with Gasteiger partial charge in [-0.15, -0.1) is 0 Å². The number of methoxy groups -OCH3 is 1. The van der Waals surface area contributed by atoms with Crippen LogP contribution in [0, 0.1) is 10.1 Å². The molecule has 0 unspecified atom stereocenters. The van der Waals surface area contributed by atoms with E-state index < -0.39 is 4.92 Å². The zero-order valence-electron chi connectivity index (χ0n) is 16.2. The zero-order valence-corrected chi connectivity index (χ0v) is 17.0. The van der Waals surface area contributed by atoms with Gasteiger partial charge in [-0.05, 0) is 41.7 Å². The molecule has 0 aliphatic heterocycles. The molecule has 0 amide bonds. The normalized spacial score (nSPS) is 11.1. The van der Waals surface area contributed by atoms with E-state index in [1.807, 2.05) is 36.0 Å². The zero-order chi connectivity index (χ0) is 20.2. The van der Waals surface area contributed by atoms with Gasteiger partial charge in [-0.2, -0.15) is 11.8 Å². The fourth-order valence-electron chi connectivity index (χ4n) is 2.42. The molecule has 28 heavy (non-hydrogen) atoms. The highest BCUT2D eigenvalue weighted by molar-refractivity contribution is 7.98. The second-order valence-corrected chi connectivity index (χ2v) is 7.05. The molecule has 0 saturated heterocycles. The number of thioether (sulfide) groups is 1. The Morgan fingerprint density at radius 1 is 1.11 bits per heavy atom. The number of non-ortho nitro benzene ring substituents is 1. The van der Waals surface area contributed by atoms with Crippen LogP contribution in [-0.4, -0.2) is 36.5 Å². The number of hydrogen-bond acceptors (Lipinski definition) is 5. The van der Waals surface area contributed by atoms with Gasteiger partial charge >= 0.3 is 0 Å². The first-order valence-corrected chi connectivity index (χ1v) is 10.4. The highest BCUT2D eigenvalue weighted by Gasteiger charge is 2.05. The molecule has 0 atom stereocenters. The van der Waals surface area contributed by atoms with E-state index >= 15 is 0 Å². The van der Waals surface area contributed by atoms with Gasteiger partial charge in [0.05, 0.1) is 18.6 Å². The largest absolute Gasteiger partial charge is 0.497 e. The molecular weight excluding hydrogens is 376 g/mol. The van der Waals surface area contributed by atoms with Gasteiger partial charge in [-0.25, -0.2) is 4.99 Å². The Balaban J connectivity index is 1.97. The van der Waals surface area contributed by atoms with Crippen LogP contribution in [0.2, 0.25) is 0 Å². The molecule has 2 N–H and O–H groups in total. The molecule has 0 bridgehead atoms.